The van der Waals surface area contributed by atoms with Crippen LogP contribution in [0, 0.1) is 5.92 Å². The Morgan fingerprint density at radius 2 is 1.90 bits per heavy atom. The summed E-state index contributed by atoms with van der Waals surface area (Å²) < 4.78 is 0. The van der Waals surface area contributed by atoms with Crippen molar-refractivity contribution in [2.75, 3.05) is 17.2 Å². The van der Waals surface area contributed by atoms with Crippen molar-refractivity contribution in [1.29, 1.82) is 0 Å². The molecule has 1 aromatic rings. The number of rotatable bonds is 5. The summed E-state index contributed by atoms with van der Waals surface area (Å²) in [6.45, 7) is 4.86. The van der Waals surface area contributed by atoms with Gasteiger partial charge in [0.25, 0.3) is 0 Å². The van der Waals surface area contributed by atoms with E-state index in [0.29, 0.717) is 24.8 Å². The molecule has 1 aliphatic rings. The van der Waals surface area contributed by atoms with Gasteiger partial charge in [-0.2, -0.15) is 11.8 Å². The summed E-state index contributed by atoms with van der Waals surface area (Å²) in [4.78, 5) is 14.6. The van der Waals surface area contributed by atoms with Crippen LogP contribution in [-0.4, -0.2) is 28.4 Å². The highest BCUT2D eigenvalue weighted by molar-refractivity contribution is 7.99. The van der Waals surface area contributed by atoms with Gasteiger partial charge in [-0.05, 0) is 61.8 Å². The third-order valence-corrected chi connectivity index (χ3v) is 5.13. The van der Waals surface area contributed by atoms with Crippen LogP contribution >= 0.6 is 11.8 Å². The topological polar surface area (TPSA) is 46.3 Å². The van der Waals surface area contributed by atoms with Gasteiger partial charge in [-0.1, -0.05) is 12.1 Å². The van der Waals surface area contributed by atoms with E-state index in [4.69, 9.17) is 5.73 Å². The third-order valence-electron chi connectivity index (χ3n) is 4.08. The first-order chi connectivity index (χ1) is 10.1. The lowest BCUT2D eigenvalue weighted by atomic mass is 9.97. The van der Waals surface area contributed by atoms with Gasteiger partial charge in [0.1, 0.15) is 0 Å². The zero-order valence-electron chi connectivity index (χ0n) is 13.0. The number of nitrogen functional groups attached to an aromatic ring is 1. The molecular formula is C17H26N2OS. The van der Waals surface area contributed by atoms with Gasteiger partial charge in [0, 0.05) is 24.7 Å². The number of amides is 1. The normalized spacial score (nSPS) is 16.1. The highest BCUT2D eigenvalue weighted by Gasteiger charge is 2.23. The van der Waals surface area contributed by atoms with Crippen LogP contribution in [0.1, 0.15) is 38.7 Å². The molecule has 0 aromatic heterocycles. The van der Waals surface area contributed by atoms with Crippen molar-refractivity contribution in [1.82, 2.24) is 4.90 Å². The fraction of sp³-hybridized carbons (Fsp3) is 0.588. The molecule has 0 unspecified atom stereocenters. The van der Waals surface area contributed by atoms with Gasteiger partial charge >= 0.3 is 0 Å². The van der Waals surface area contributed by atoms with Crippen LogP contribution in [0.3, 0.4) is 0 Å². The van der Waals surface area contributed by atoms with Crippen LogP contribution < -0.4 is 5.73 Å². The van der Waals surface area contributed by atoms with Crippen LogP contribution in [0.4, 0.5) is 5.69 Å². The van der Waals surface area contributed by atoms with E-state index in [9.17, 15) is 4.79 Å². The quantitative estimate of drug-likeness (QED) is 0.846. The maximum atomic E-state index is 12.6. The Morgan fingerprint density at radius 3 is 2.48 bits per heavy atom. The van der Waals surface area contributed by atoms with Crippen LogP contribution in [0.25, 0.3) is 0 Å². The minimum absolute atomic E-state index is 0.230. The van der Waals surface area contributed by atoms with Crippen molar-refractivity contribution in [2.24, 2.45) is 5.92 Å². The molecule has 1 aliphatic heterocycles. The molecule has 1 saturated heterocycles. The average Bonchev–Trinajstić information content (AvgIpc) is 2.47. The fourth-order valence-corrected chi connectivity index (χ4v) is 3.90. The number of thioether (sulfide) groups is 1. The minimum Gasteiger partial charge on any atom is -0.399 e. The molecule has 1 fully saturated rings. The molecule has 21 heavy (non-hydrogen) atoms. The van der Waals surface area contributed by atoms with Gasteiger partial charge in [-0.3, -0.25) is 4.79 Å². The number of hydrogen-bond donors (Lipinski definition) is 1. The summed E-state index contributed by atoms with van der Waals surface area (Å²) in [5.41, 5.74) is 7.63. The van der Waals surface area contributed by atoms with Crippen molar-refractivity contribution < 1.29 is 4.79 Å². The molecule has 0 aliphatic carbocycles. The van der Waals surface area contributed by atoms with E-state index >= 15 is 0 Å². The second kappa shape index (κ2) is 7.74. The van der Waals surface area contributed by atoms with Gasteiger partial charge in [0.2, 0.25) is 5.91 Å². The number of carbonyl (C=O) groups is 1. The molecule has 0 radical (unpaired) electrons. The highest BCUT2D eigenvalue weighted by atomic mass is 32.2. The number of nitrogens with two attached hydrogens (primary N) is 1. The summed E-state index contributed by atoms with van der Waals surface area (Å²) in [6, 6.07) is 8.05. The van der Waals surface area contributed by atoms with Gasteiger partial charge in [0.15, 0.2) is 0 Å². The van der Waals surface area contributed by atoms with Crippen molar-refractivity contribution in [3.8, 4) is 0 Å². The van der Waals surface area contributed by atoms with E-state index < -0.39 is 0 Å². The lowest BCUT2D eigenvalue weighted by molar-refractivity contribution is -0.134. The standard InChI is InChI=1S/C17H26N2OS/c1-13(2)19(12-15-3-5-16(18)6-4-15)17(20)11-14-7-9-21-10-8-14/h3-6,13-14H,7-12,18H2,1-2H3. The predicted octanol–water partition coefficient (Wildman–Crippen LogP) is 3.54. The predicted molar refractivity (Wildman–Crippen MR) is 91.2 cm³/mol. The summed E-state index contributed by atoms with van der Waals surface area (Å²) in [6.07, 6.45) is 3.07. The average molecular weight is 306 g/mol. The SMILES string of the molecule is CC(C)N(Cc1ccc(N)cc1)C(=O)CC1CCSCC1. The van der Waals surface area contributed by atoms with Crippen LogP contribution in [0.5, 0.6) is 0 Å². The Morgan fingerprint density at radius 1 is 1.29 bits per heavy atom. The first-order valence-electron chi connectivity index (χ1n) is 7.78. The molecule has 0 spiro atoms. The number of anilines is 1. The lowest BCUT2D eigenvalue weighted by Crippen LogP contribution is -2.37. The smallest absolute Gasteiger partial charge is 0.223 e. The monoisotopic (exact) mass is 306 g/mol. The van der Waals surface area contributed by atoms with Gasteiger partial charge in [-0.15, -0.1) is 0 Å². The summed E-state index contributed by atoms with van der Waals surface area (Å²) >= 11 is 2.01. The van der Waals surface area contributed by atoms with E-state index in [-0.39, 0.29) is 6.04 Å². The molecule has 1 aromatic carbocycles. The molecule has 0 saturated carbocycles. The molecule has 0 atom stereocenters. The van der Waals surface area contributed by atoms with E-state index in [0.717, 1.165) is 11.3 Å². The van der Waals surface area contributed by atoms with Crippen LogP contribution in [0.2, 0.25) is 0 Å². The van der Waals surface area contributed by atoms with Crippen molar-refractivity contribution in [3.05, 3.63) is 29.8 Å². The Balaban J connectivity index is 1.96. The van der Waals surface area contributed by atoms with E-state index in [1.807, 2.05) is 40.9 Å². The van der Waals surface area contributed by atoms with Crippen LogP contribution in [-0.2, 0) is 11.3 Å². The Hall–Kier alpha value is -1.16. The van der Waals surface area contributed by atoms with Crippen molar-refractivity contribution >= 4 is 23.4 Å². The molecule has 1 heterocycles. The second-order valence-electron chi connectivity index (χ2n) is 6.12. The molecule has 2 N–H and O–H groups in total. The van der Waals surface area contributed by atoms with E-state index in [1.165, 1.54) is 24.3 Å². The zero-order valence-corrected chi connectivity index (χ0v) is 13.9. The molecule has 4 heteroatoms. The first kappa shape index (κ1) is 16.2. The minimum atomic E-state index is 0.230. The summed E-state index contributed by atoms with van der Waals surface area (Å²) in [5, 5.41) is 0. The molecule has 116 valence electrons. The van der Waals surface area contributed by atoms with E-state index in [2.05, 4.69) is 13.8 Å². The second-order valence-corrected chi connectivity index (χ2v) is 7.34. The third kappa shape index (κ3) is 4.95. The maximum absolute atomic E-state index is 12.6. The van der Waals surface area contributed by atoms with Crippen molar-refractivity contribution in [3.63, 3.8) is 0 Å². The van der Waals surface area contributed by atoms with E-state index in [1.54, 1.807) is 0 Å². The van der Waals surface area contributed by atoms with Gasteiger partial charge in [-0.25, -0.2) is 0 Å². The van der Waals surface area contributed by atoms with Crippen molar-refractivity contribution in [2.45, 2.75) is 45.7 Å². The number of nitrogens with zero attached hydrogens (tertiary/aromatic N) is 1. The van der Waals surface area contributed by atoms with Gasteiger partial charge < -0.3 is 10.6 Å². The van der Waals surface area contributed by atoms with Crippen LogP contribution in [0.15, 0.2) is 24.3 Å². The highest BCUT2D eigenvalue weighted by Crippen LogP contribution is 2.26. The first-order valence-corrected chi connectivity index (χ1v) is 8.93. The largest absolute Gasteiger partial charge is 0.399 e. The molecule has 0 bridgehead atoms. The molecular weight excluding hydrogens is 280 g/mol. The number of hydrogen-bond acceptors (Lipinski definition) is 3. The number of carbonyl (C=O) groups excluding carboxylic acids is 1. The Kier molecular flexibility index (Phi) is 5.97. The fourth-order valence-electron chi connectivity index (χ4n) is 2.69. The summed E-state index contributed by atoms with van der Waals surface area (Å²) in [5.74, 6) is 3.28. The Bertz CT molecular complexity index is 452. The lowest BCUT2D eigenvalue weighted by Gasteiger charge is -2.30. The number of benzene rings is 1. The molecule has 1 amide bonds. The van der Waals surface area contributed by atoms with Gasteiger partial charge in [0.05, 0.1) is 0 Å². The zero-order chi connectivity index (χ0) is 15.2. The maximum Gasteiger partial charge on any atom is 0.223 e. The summed E-state index contributed by atoms with van der Waals surface area (Å²) in [7, 11) is 0. The molecule has 3 nitrogen and oxygen atoms in total. The Labute approximate surface area is 132 Å². The molecule has 2 rings (SSSR count).